The Balaban J connectivity index is 1.90. The maximum absolute atomic E-state index is 14.1. The summed E-state index contributed by atoms with van der Waals surface area (Å²) in [4.78, 5) is 29.6. The molecule has 0 aliphatic carbocycles. The van der Waals surface area contributed by atoms with Gasteiger partial charge in [-0.2, -0.15) is 13.9 Å². The molecule has 2 heterocycles. The molecule has 1 aromatic carbocycles. The number of benzene rings is 1. The molecule has 0 bridgehead atoms. The smallest absolute Gasteiger partial charge is 0.348 e. The van der Waals surface area contributed by atoms with E-state index < -0.39 is 24.0 Å². The summed E-state index contributed by atoms with van der Waals surface area (Å²) in [5, 5.41) is 7.20. The number of hydrogen-bond donors (Lipinski definition) is 3. The van der Waals surface area contributed by atoms with Gasteiger partial charge >= 0.3 is 13.3 Å². The number of nitrogens with zero attached hydrogens (tertiary/aromatic N) is 2. The van der Waals surface area contributed by atoms with E-state index in [0.29, 0.717) is 16.0 Å². The Kier molecular flexibility index (Phi) is 5.50. The molecule has 7 nitrogen and oxygen atoms in total. The Labute approximate surface area is 170 Å². The molecule has 3 aromatic rings. The van der Waals surface area contributed by atoms with Crippen molar-refractivity contribution in [3.05, 3.63) is 50.6 Å². The fourth-order valence-electron chi connectivity index (χ4n) is 2.63. The quantitative estimate of drug-likeness (QED) is 0.468. The highest BCUT2D eigenvalue weighted by Gasteiger charge is 2.53. The minimum atomic E-state index is -5.69. The van der Waals surface area contributed by atoms with Crippen molar-refractivity contribution in [2.24, 2.45) is 7.05 Å². The first-order valence-electron chi connectivity index (χ1n) is 7.85. The largest absolute Gasteiger partial charge is 0.400 e. The zero-order valence-corrected chi connectivity index (χ0v) is 17.9. The van der Waals surface area contributed by atoms with Crippen LogP contribution in [-0.2, 0) is 23.8 Å². The van der Waals surface area contributed by atoms with Gasteiger partial charge in [-0.25, -0.2) is 0 Å². The Morgan fingerprint density at radius 3 is 2.68 bits per heavy atom. The number of carbonyl (C=O) groups excluding carboxylic acids is 1. The molecule has 0 saturated carbocycles. The monoisotopic (exact) mass is 493 g/mol. The molecule has 28 heavy (non-hydrogen) atoms. The van der Waals surface area contributed by atoms with Crippen molar-refractivity contribution in [3.8, 4) is 0 Å². The minimum absolute atomic E-state index is 0.140. The van der Waals surface area contributed by atoms with Gasteiger partial charge in [0.2, 0.25) is 0 Å². The molecule has 0 aliphatic rings. The van der Waals surface area contributed by atoms with Crippen LogP contribution in [0.15, 0.2) is 28.9 Å². The van der Waals surface area contributed by atoms with Gasteiger partial charge < -0.3 is 15.1 Å². The summed E-state index contributed by atoms with van der Waals surface area (Å²) in [6.45, 7) is 2.07. The second-order valence-corrected chi connectivity index (χ2v) is 9.63. The molecule has 3 N–H and O–H groups in total. The maximum atomic E-state index is 14.1. The number of fused-ring (bicyclic) bond motifs is 1. The molecule has 0 atom stereocenters. The highest BCUT2D eigenvalue weighted by molar-refractivity contribution is 9.10. The summed E-state index contributed by atoms with van der Waals surface area (Å²) < 4.78 is 41.2. The van der Waals surface area contributed by atoms with Crippen LogP contribution in [0.5, 0.6) is 0 Å². The van der Waals surface area contributed by atoms with Crippen molar-refractivity contribution in [3.63, 3.8) is 0 Å². The van der Waals surface area contributed by atoms with Gasteiger partial charge in [-0.3, -0.25) is 14.0 Å². The Bertz CT molecular complexity index is 1120. The van der Waals surface area contributed by atoms with Crippen LogP contribution < -0.4 is 5.32 Å². The lowest BCUT2D eigenvalue weighted by Gasteiger charge is -2.16. The van der Waals surface area contributed by atoms with Gasteiger partial charge in [0.15, 0.2) is 0 Å². The Morgan fingerprint density at radius 1 is 1.43 bits per heavy atom. The SMILES string of the molecule is Cc1nn(C)cc1CNC(=O)c1ccc2sc(C(F)(F)P(=O)(O)O)c(Br)c2c1. The summed E-state index contributed by atoms with van der Waals surface area (Å²) in [6.07, 6.45) is 1.78. The predicted octanol–water partition coefficient (Wildman–Crippen LogP) is 3.86. The van der Waals surface area contributed by atoms with Crippen LogP contribution in [-0.4, -0.2) is 25.5 Å². The molecular weight excluding hydrogens is 479 g/mol. The lowest BCUT2D eigenvalue weighted by molar-refractivity contribution is 0.0595. The molecular formula is C16H15BrF2N3O4PS. The van der Waals surface area contributed by atoms with Gasteiger partial charge in [0.25, 0.3) is 5.91 Å². The van der Waals surface area contributed by atoms with Crippen molar-refractivity contribution >= 4 is 50.9 Å². The Morgan fingerprint density at radius 2 is 2.11 bits per heavy atom. The number of aryl methyl sites for hydroxylation is 2. The van der Waals surface area contributed by atoms with E-state index in [-0.39, 0.29) is 22.0 Å². The number of halogens is 3. The summed E-state index contributed by atoms with van der Waals surface area (Å²) in [5.41, 5.74) is -2.46. The van der Waals surface area contributed by atoms with Crippen LogP contribution >= 0.6 is 34.9 Å². The fourth-order valence-corrected chi connectivity index (χ4v) is 5.56. The molecule has 0 spiro atoms. The van der Waals surface area contributed by atoms with Crippen molar-refractivity contribution < 1.29 is 27.9 Å². The summed E-state index contributed by atoms with van der Waals surface area (Å²) in [7, 11) is -3.92. The van der Waals surface area contributed by atoms with Crippen molar-refractivity contribution in [1.82, 2.24) is 15.1 Å². The summed E-state index contributed by atoms with van der Waals surface area (Å²) >= 11 is 3.56. The number of aromatic nitrogens is 2. The molecule has 0 aliphatic heterocycles. The van der Waals surface area contributed by atoms with Crippen LogP contribution in [0.3, 0.4) is 0 Å². The van der Waals surface area contributed by atoms with Crippen LogP contribution in [0.1, 0.15) is 26.5 Å². The molecule has 3 rings (SSSR count). The minimum Gasteiger partial charge on any atom is -0.348 e. The van der Waals surface area contributed by atoms with Crippen molar-refractivity contribution in [1.29, 1.82) is 0 Å². The van der Waals surface area contributed by atoms with E-state index in [1.54, 1.807) is 17.9 Å². The number of amides is 1. The average Bonchev–Trinajstić information content (AvgIpc) is 3.10. The number of thiophene rings is 1. The molecule has 0 fully saturated rings. The third kappa shape index (κ3) is 3.77. The number of nitrogens with one attached hydrogen (secondary N) is 1. The fraction of sp³-hybridized carbons (Fsp3) is 0.250. The molecule has 0 unspecified atom stereocenters. The predicted molar refractivity (Wildman–Crippen MR) is 105 cm³/mol. The van der Waals surface area contributed by atoms with Crippen LogP contribution in [0, 0.1) is 6.92 Å². The molecule has 2 aromatic heterocycles. The van der Waals surface area contributed by atoms with Crippen LogP contribution in [0.25, 0.3) is 10.1 Å². The van der Waals surface area contributed by atoms with Crippen molar-refractivity contribution in [2.75, 3.05) is 0 Å². The number of carbonyl (C=O) groups is 1. The third-order valence-electron chi connectivity index (χ3n) is 4.08. The topological polar surface area (TPSA) is 104 Å². The first-order chi connectivity index (χ1) is 12.9. The zero-order valence-electron chi connectivity index (χ0n) is 14.6. The number of rotatable bonds is 5. The lowest BCUT2D eigenvalue weighted by atomic mass is 10.1. The van der Waals surface area contributed by atoms with Gasteiger partial charge in [0.05, 0.1) is 5.69 Å². The highest BCUT2D eigenvalue weighted by atomic mass is 79.9. The molecule has 12 heteroatoms. The van der Waals surface area contributed by atoms with E-state index in [0.717, 1.165) is 11.3 Å². The van der Waals surface area contributed by atoms with Crippen LogP contribution in [0.2, 0.25) is 0 Å². The van der Waals surface area contributed by atoms with E-state index in [1.165, 1.54) is 18.2 Å². The van der Waals surface area contributed by atoms with Gasteiger partial charge in [-0.15, -0.1) is 11.3 Å². The van der Waals surface area contributed by atoms with Crippen LogP contribution in [0.4, 0.5) is 8.78 Å². The first kappa shape index (κ1) is 21.1. The van der Waals surface area contributed by atoms with E-state index >= 15 is 0 Å². The zero-order chi connectivity index (χ0) is 20.9. The first-order valence-corrected chi connectivity index (χ1v) is 11.1. The second-order valence-electron chi connectivity index (χ2n) is 6.14. The molecule has 0 saturated heterocycles. The average molecular weight is 494 g/mol. The number of hydrogen-bond acceptors (Lipinski definition) is 4. The van der Waals surface area contributed by atoms with E-state index in [4.69, 9.17) is 9.79 Å². The van der Waals surface area contributed by atoms with E-state index in [9.17, 15) is 18.1 Å². The molecule has 150 valence electrons. The third-order valence-corrected chi connectivity index (χ3v) is 7.52. The lowest BCUT2D eigenvalue weighted by Crippen LogP contribution is -2.22. The van der Waals surface area contributed by atoms with E-state index in [2.05, 4.69) is 26.3 Å². The maximum Gasteiger partial charge on any atom is 0.400 e. The molecule has 1 amide bonds. The van der Waals surface area contributed by atoms with Gasteiger partial charge in [0.1, 0.15) is 4.88 Å². The van der Waals surface area contributed by atoms with Crippen molar-refractivity contribution in [2.45, 2.75) is 19.1 Å². The van der Waals surface area contributed by atoms with E-state index in [1.807, 2.05) is 6.92 Å². The number of alkyl halides is 2. The van der Waals surface area contributed by atoms with Gasteiger partial charge in [-0.1, -0.05) is 0 Å². The van der Waals surface area contributed by atoms with Gasteiger partial charge in [-0.05, 0) is 41.1 Å². The highest BCUT2D eigenvalue weighted by Crippen LogP contribution is 2.62. The van der Waals surface area contributed by atoms with Gasteiger partial charge in [0, 0.05) is 45.5 Å². The second kappa shape index (κ2) is 7.31. The summed E-state index contributed by atoms with van der Waals surface area (Å²) in [5.74, 6) is -0.411. The standard InChI is InChI=1S/C16H15BrF2N3O4PS/c1-8-10(7-22(2)21-8)6-20-15(23)9-3-4-12-11(5-9)13(17)14(28-12)16(18,19)27(24,25)26/h3-5,7H,6H2,1-2H3,(H,20,23)(H2,24,25,26). The normalized spacial score (nSPS) is 12.5. The molecule has 0 radical (unpaired) electrons. The summed E-state index contributed by atoms with van der Waals surface area (Å²) in [6, 6.07) is 4.34. The Hall–Kier alpha value is -1.65.